The summed E-state index contributed by atoms with van der Waals surface area (Å²) < 4.78 is 3.15. The van der Waals surface area contributed by atoms with Crippen molar-refractivity contribution in [3.63, 3.8) is 0 Å². The van der Waals surface area contributed by atoms with Gasteiger partial charge in [-0.25, -0.2) is 0 Å². The molecule has 1 aliphatic carbocycles. The summed E-state index contributed by atoms with van der Waals surface area (Å²) in [4.78, 5) is 28.0. The van der Waals surface area contributed by atoms with Crippen LogP contribution < -0.4 is 5.32 Å². The summed E-state index contributed by atoms with van der Waals surface area (Å²) in [7, 11) is 0. The van der Waals surface area contributed by atoms with Crippen molar-refractivity contribution in [2.75, 3.05) is 6.54 Å². The number of nitrogens with zero attached hydrogens (tertiary/aromatic N) is 2. The number of amides is 2. The van der Waals surface area contributed by atoms with Gasteiger partial charge in [0.15, 0.2) is 0 Å². The molecule has 32 heavy (non-hydrogen) atoms. The number of carbonyl (C=O) groups excluding carboxylic acids is 2. The van der Waals surface area contributed by atoms with Crippen LogP contribution in [0.25, 0.3) is 10.9 Å². The van der Waals surface area contributed by atoms with Gasteiger partial charge in [-0.3, -0.25) is 9.59 Å². The van der Waals surface area contributed by atoms with Crippen LogP contribution in [0.2, 0.25) is 0 Å². The number of fused-ring (bicyclic) bond motifs is 2. The lowest BCUT2D eigenvalue weighted by Gasteiger charge is -2.45. The molecule has 2 heterocycles. The molecule has 1 aromatic heterocycles. The van der Waals surface area contributed by atoms with Gasteiger partial charge in [0, 0.05) is 47.8 Å². The fourth-order valence-corrected chi connectivity index (χ4v) is 5.66. The molecule has 5 nitrogen and oxygen atoms in total. The number of halogens is 1. The predicted molar refractivity (Wildman–Crippen MR) is 129 cm³/mol. The summed E-state index contributed by atoms with van der Waals surface area (Å²) in [5.74, 6) is 0.150. The second-order valence-corrected chi connectivity index (χ2v) is 9.99. The van der Waals surface area contributed by atoms with Crippen LogP contribution in [0.3, 0.4) is 0 Å². The number of hydrogen-bond acceptors (Lipinski definition) is 2. The Morgan fingerprint density at radius 3 is 2.69 bits per heavy atom. The van der Waals surface area contributed by atoms with E-state index in [0.717, 1.165) is 46.8 Å². The number of benzene rings is 2. The average Bonchev–Trinajstić information content (AvgIpc) is 3.38. The second kappa shape index (κ2) is 8.74. The molecular weight excluding hydrogens is 466 g/mol. The molecule has 166 valence electrons. The molecule has 1 aliphatic heterocycles. The monoisotopic (exact) mass is 493 g/mol. The Morgan fingerprint density at radius 2 is 1.88 bits per heavy atom. The van der Waals surface area contributed by atoms with Crippen molar-refractivity contribution in [1.82, 2.24) is 14.8 Å². The van der Waals surface area contributed by atoms with Crippen molar-refractivity contribution in [2.24, 2.45) is 0 Å². The Kier molecular flexibility index (Phi) is 5.80. The van der Waals surface area contributed by atoms with E-state index in [9.17, 15) is 9.59 Å². The normalized spacial score (nSPS) is 17.5. The first-order valence-electron chi connectivity index (χ1n) is 11.5. The summed E-state index contributed by atoms with van der Waals surface area (Å²) in [6.07, 6.45) is 7.74. The van der Waals surface area contributed by atoms with E-state index < -0.39 is 0 Å². The molecule has 1 saturated carbocycles. The first-order chi connectivity index (χ1) is 15.6. The fourth-order valence-electron chi connectivity index (χ4n) is 5.32. The Morgan fingerprint density at radius 1 is 1.06 bits per heavy atom. The van der Waals surface area contributed by atoms with Gasteiger partial charge in [0.25, 0.3) is 5.91 Å². The van der Waals surface area contributed by atoms with Crippen molar-refractivity contribution in [1.29, 1.82) is 0 Å². The second-order valence-electron chi connectivity index (χ2n) is 9.07. The SMILES string of the molecule is O=C(CCn1ccc2ccc(Br)cc21)NCC1(N2Cc3ccccc3C2=O)CCCCC1. The Labute approximate surface area is 196 Å². The number of carbonyl (C=O) groups is 2. The van der Waals surface area contributed by atoms with Crippen LogP contribution in [0, 0.1) is 0 Å². The third-order valence-corrected chi connectivity index (χ3v) is 7.60. The van der Waals surface area contributed by atoms with Crippen LogP contribution in [-0.4, -0.2) is 33.4 Å². The van der Waals surface area contributed by atoms with Crippen molar-refractivity contribution >= 4 is 38.6 Å². The third kappa shape index (κ3) is 3.96. The zero-order valence-corrected chi connectivity index (χ0v) is 19.7. The van der Waals surface area contributed by atoms with Gasteiger partial charge in [-0.05, 0) is 48.1 Å². The summed E-state index contributed by atoms with van der Waals surface area (Å²) in [6, 6.07) is 16.2. The van der Waals surface area contributed by atoms with Crippen molar-refractivity contribution < 1.29 is 9.59 Å². The smallest absolute Gasteiger partial charge is 0.255 e. The lowest BCUT2D eigenvalue weighted by atomic mass is 9.80. The highest BCUT2D eigenvalue weighted by Crippen LogP contribution is 2.38. The van der Waals surface area contributed by atoms with Crippen molar-refractivity contribution in [3.8, 4) is 0 Å². The number of nitrogens with one attached hydrogen (secondary N) is 1. The maximum Gasteiger partial charge on any atom is 0.255 e. The van der Waals surface area contributed by atoms with E-state index in [-0.39, 0.29) is 17.4 Å². The van der Waals surface area contributed by atoms with Gasteiger partial charge in [-0.2, -0.15) is 0 Å². The molecule has 2 amide bonds. The summed E-state index contributed by atoms with van der Waals surface area (Å²) in [6.45, 7) is 1.81. The summed E-state index contributed by atoms with van der Waals surface area (Å²) in [5, 5.41) is 4.35. The molecule has 0 radical (unpaired) electrons. The van der Waals surface area contributed by atoms with Crippen LogP contribution in [-0.2, 0) is 17.9 Å². The number of aryl methyl sites for hydroxylation is 1. The maximum absolute atomic E-state index is 13.2. The average molecular weight is 494 g/mol. The molecule has 1 fully saturated rings. The van der Waals surface area contributed by atoms with Gasteiger partial charge >= 0.3 is 0 Å². The molecule has 0 unspecified atom stereocenters. The molecule has 1 N–H and O–H groups in total. The largest absolute Gasteiger partial charge is 0.354 e. The highest BCUT2D eigenvalue weighted by Gasteiger charge is 2.44. The topological polar surface area (TPSA) is 54.3 Å². The van der Waals surface area contributed by atoms with E-state index in [1.807, 2.05) is 41.4 Å². The summed E-state index contributed by atoms with van der Waals surface area (Å²) >= 11 is 3.53. The summed E-state index contributed by atoms with van der Waals surface area (Å²) in [5.41, 5.74) is 2.75. The molecule has 2 aromatic carbocycles. The predicted octanol–water partition coefficient (Wildman–Crippen LogP) is 5.27. The molecule has 0 spiro atoms. The van der Waals surface area contributed by atoms with E-state index in [1.165, 1.54) is 11.8 Å². The number of aromatic nitrogens is 1. The molecule has 0 bridgehead atoms. The molecule has 5 rings (SSSR count). The lowest BCUT2D eigenvalue weighted by molar-refractivity contribution is -0.122. The van der Waals surface area contributed by atoms with Crippen molar-refractivity contribution in [3.05, 3.63) is 70.3 Å². The molecule has 3 aromatic rings. The lowest BCUT2D eigenvalue weighted by Crippen LogP contribution is -2.56. The Balaban J connectivity index is 1.25. The minimum Gasteiger partial charge on any atom is -0.354 e. The van der Waals surface area contributed by atoms with Crippen LogP contribution in [0.5, 0.6) is 0 Å². The minimum atomic E-state index is -0.283. The zero-order chi connectivity index (χ0) is 22.1. The maximum atomic E-state index is 13.2. The van der Waals surface area contributed by atoms with E-state index in [0.29, 0.717) is 26.1 Å². The molecular formula is C26H28BrN3O2. The Hall–Kier alpha value is -2.60. The van der Waals surface area contributed by atoms with Gasteiger partial charge in [0.05, 0.1) is 5.54 Å². The standard InChI is InChI=1S/C26H28BrN3O2/c27-21-9-8-19-10-14-29(23(19)16-21)15-11-24(31)28-18-26(12-4-1-5-13-26)30-17-20-6-2-3-7-22(20)25(30)32/h2-3,6-10,14,16H,1,4-5,11-13,15,17-18H2,(H,28,31). The molecule has 0 saturated heterocycles. The van der Waals surface area contributed by atoms with Gasteiger partial charge in [-0.1, -0.05) is 59.5 Å². The molecule has 6 heteroatoms. The quantitative estimate of drug-likeness (QED) is 0.508. The van der Waals surface area contributed by atoms with Gasteiger partial charge in [0.2, 0.25) is 5.91 Å². The van der Waals surface area contributed by atoms with Gasteiger partial charge in [0.1, 0.15) is 0 Å². The minimum absolute atomic E-state index is 0.0379. The first kappa shape index (κ1) is 21.3. The highest BCUT2D eigenvalue weighted by atomic mass is 79.9. The third-order valence-electron chi connectivity index (χ3n) is 7.11. The van der Waals surface area contributed by atoms with Gasteiger partial charge in [-0.15, -0.1) is 0 Å². The highest BCUT2D eigenvalue weighted by molar-refractivity contribution is 9.10. The van der Waals surface area contributed by atoms with E-state index in [1.54, 1.807) is 0 Å². The molecule has 2 aliphatic rings. The van der Waals surface area contributed by atoms with Crippen LogP contribution in [0.1, 0.15) is 54.4 Å². The first-order valence-corrected chi connectivity index (χ1v) is 12.3. The Bertz CT molecular complexity index is 1160. The van der Waals surface area contributed by atoms with E-state index in [4.69, 9.17) is 0 Å². The van der Waals surface area contributed by atoms with E-state index in [2.05, 4.69) is 44.0 Å². The number of hydrogen-bond donors (Lipinski definition) is 1. The van der Waals surface area contributed by atoms with Crippen LogP contribution in [0.4, 0.5) is 0 Å². The number of rotatable bonds is 6. The van der Waals surface area contributed by atoms with Crippen LogP contribution >= 0.6 is 15.9 Å². The van der Waals surface area contributed by atoms with Gasteiger partial charge < -0.3 is 14.8 Å². The van der Waals surface area contributed by atoms with Crippen LogP contribution in [0.15, 0.2) is 59.2 Å². The molecule has 0 atom stereocenters. The zero-order valence-electron chi connectivity index (χ0n) is 18.1. The fraction of sp³-hybridized carbons (Fsp3) is 0.385. The van der Waals surface area contributed by atoms with Crippen molar-refractivity contribution in [2.45, 2.75) is 57.2 Å². The van der Waals surface area contributed by atoms with E-state index >= 15 is 0 Å².